The molecule has 1 fully saturated rings. The molecule has 1 aliphatic carbocycles. The Morgan fingerprint density at radius 2 is 2.00 bits per heavy atom. The first-order chi connectivity index (χ1) is 5.70. The molecule has 0 aromatic rings. The van der Waals surface area contributed by atoms with Crippen molar-refractivity contribution in [1.82, 2.24) is 0 Å². The summed E-state index contributed by atoms with van der Waals surface area (Å²) in [4.78, 5) is 11.1. The number of hydrogen-bond donors (Lipinski definition) is 1. The molecule has 12 heavy (non-hydrogen) atoms. The van der Waals surface area contributed by atoms with Gasteiger partial charge in [0.1, 0.15) is 12.1 Å². The lowest BCUT2D eigenvalue weighted by Gasteiger charge is -2.22. The Morgan fingerprint density at radius 1 is 1.42 bits per heavy atom. The van der Waals surface area contributed by atoms with Crippen LogP contribution in [0, 0.1) is 0 Å². The molecule has 0 heterocycles. The zero-order chi connectivity index (χ0) is 8.97. The average molecular weight is 171 g/mol. The summed E-state index contributed by atoms with van der Waals surface area (Å²) in [6.07, 6.45) is 5.79. The topological polar surface area (TPSA) is 52.3 Å². The van der Waals surface area contributed by atoms with Crippen molar-refractivity contribution in [3.8, 4) is 0 Å². The van der Waals surface area contributed by atoms with Gasteiger partial charge in [-0.25, -0.2) is 0 Å². The zero-order valence-corrected chi connectivity index (χ0v) is 7.58. The fraction of sp³-hybridized carbons (Fsp3) is 0.889. The van der Waals surface area contributed by atoms with Gasteiger partial charge in [-0.1, -0.05) is 6.42 Å². The monoisotopic (exact) mass is 171 g/mol. The van der Waals surface area contributed by atoms with Gasteiger partial charge in [-0.3, -0.25) is 4.79 Å². The van der Waals surface area contributed by atoms with E-state index in [9.17, 15) is 4.79 Å². The van der Waals surface area contributed by atoms with E-state index in [4.69, 9.17) is 10.5 Å². The fourth-order valence-electron chi connectivity index (χ4n) is 1.45. The number of nitrogens with two attached hydrogens (primary N) is 1. The number of ether oxygens (including phenoxy) is 1. The predicted octanol–water partition coefficient (Wildman–Crippen LogP) is 1.21. The van der Waals surface area contributed by atoms with Crippen LogP contribution in [-0.4, -0.2) is 18.1 Å². The maximum Gasteiger partial charge on any atom is 0.322 e. The highest BCUT2D eigenvalue weighted by Crippen LogP contribution is 2.20. The van der Waals surface area contributed by atoms with Crippen molar-refractivity contribution in [1.29, 1.82) is 0 Å². The van der Waals surface area contributed by atoms with Gasteiger partial charge in [0, 0.05) is 0 Å². The average Bonchev–Trinajstić information content (AvgIpc) is 2.06. The largest absolute Gasteiger partial charge is 0.461 e. The van der Waals surface area contributed by atoms with Gasteiger partial charge in [0.15, 0.2) is 0 Å². The summed E-state index contributed by atoms with van der Waals surface area (Å²) >= 11 is 0. The molecule has 0 spiro atoms. The third-order valence-corrected chi connectivity index (χ3v) is 2.21. The second-order valence-electron chi connectivity index (χ2n) is 3.49. The summed E-state index contributed by atoms with van der Waals surface area (Å²) < 4.78 is 5.19. The van der Waals surface area contributed by atoms with E-state index in [0.29, 0.717) is 0 Å². The van der Waals surface area contributed by atoms with E-state index in [-0.39, 0.29) is 12.1 Å². The first kappa shape index (κ1) is 9.52. The molecule has 3 nitrogen and oxygen atoms in total. The Morgan fingerprint density at radius 3 is 2.50 bits per heavy atom. The number of hydrogen-bond acceptors (Lipinski definition) is 3. The van der Waals surface area contributed by atoms with E-state index in [1.807, 2.05) is 0 Å². The third kappa shape index (κ3) is 2.81. The summed E-state index contributed by atoms with van der Waals surface area (Å²) in [7, 11) is 0. The van der Waals surface area contributed by atoms with Crippen LogP contribution in [0.3, 0.4) is 0 Å². The molecule has 0 radical (unpaired) electrons. The van der Waals surface area contributed by atoms with Crippen LogP contribution in [0.15, 0.2) is 0 Å². The normalized spacial score (nSPS) is 21.8. The number of rotatable bonds is 2. The van der Waals surface area contributed by atoms with Gasteiger partial charge in [-0.2, -0.15) is 0 Å². The quantitative estimate of drug-likeness (QED) is 0.635. The Kier molecular flexibility index (Phi) is 3.53. The Hall–Kier alpha value is -0.570. The summed E-state index contributed by atoms with van der Waals surface area (Å²) in [5, 5.41) is 0. The molecule has 0 aliphatic heterocycles. The number of esters is 1. The van der Waals surface area contributed by atoms with Crippen LogP contribution in [0.4, 0.5) is 0 Å². The molecule has 0 amide bonds. The highest BCUT2D eigenvalue weighted by atomic mass is 16.5. The van der Waals surface area contributed by atoms with E-state index in [2.05, 4.69) is 0 Å². The summed E-state index contributed by atoms with van der Waals surface area (Å²) in [5.41, 5.74) is 5.38. The lowest BCUT2D eigenvalue weighted by atomic mass is 9.98. The van der Waals surface area contributed by atoms with Gasteiger partial charge in [0.25, 0.3) is 0 Å². The van der Waals surface area contributed by atoms with Crippen molar-refractivity contribution in [2.75, 3.05) is 0 Å². The van der Waals surface area contributed by atoms with Gasteiger partial charge in [0.2, 0.25) is 0 Å². The molecule has 0 unspecified atom stereocenters. The Bertz CT molecular complexity index is 151. The van der Waals surface area contributed by atoms with E-state index in [1.54, 1.807) is 6.92 Å². The predicted molar refractivity (Wildman–Crippen MR) is 46.6 cm³/mol. The van der Waals surface area contributed by atoms with Crippen LogP contribution in [0.5, 0.6) is 0 Å². The van der Waals surface area contributed by atoms with Crippen LogP contribution in [0.2, 0.25) is 0 Å². The summed E-state index contributed by atoms with van der Waals surface area (Å²) in [6.45, 7) is 1.66. The first-order valence-corrected chi connectivity index (χ1v) is 4.66. The van der Waals surface area contributed by atoms with Crippen molar-refractivity contribution in [2.24, 2.45) is 5.73 Å². The van der Waals surface area contributed by atoms with E-state index >= 15 is 0 Å². The van der Waals surface area contributed by atoms with Crippen molar-refractivity contribution in [2.45, 2.75) is 51.2 Å². The van der Waals surface area contributed by atoms with E-state index < -0.39 is 6.04 Å². The number of carbonyl (C=O) groups excluding carboxylic acids is 1. The number of carbonyl (C=O) groups is 1. The van der Waals surface area contributed by atoms with Crippen molar-refractivity contribution in [3.63, 3.8) is 0 Å². The second-order valence-corrected chi connectivity index (χ2v) is 3.49. The van der Waals surface area contributed by atoms with Crippen LogP contribution < -0.4 is 5.73 Å². The lowest BCUT2D eigenvalue weighted by molar-refractivity contribution is -0.151. The van der Waals surface area contributed by atoms with Gasteiger partial charge in [-0.05, 0) is 32.6 Å². The maximum absolute atomic E-state index is 11.1. The third-order valence-electron chi connectivity index (χ3n) is 2.21. The molecule has 0 bridgehead atoms. The molecule has 1 aliphatic rings. The van der Waals surface area contributed by atoms with Crippen molar-refractivity contribution < 1.29 is 9.53 Å². The first-order valence-electron chi connectivity index (χ1n) is 4.66. The standard InChI is InChI=1S/C9H17NO2/c1-7(10)9(11)12-8-5-3-2-4-6-8/h7-8H,2-6,10H2,1H3/t7-/m1/s1. The SMILES string of the molecule is C[C@@H](N)C(=O)OC1CCCCC1. The maximum atomic E-state index is 11.1. The molecule has 1 atom stereocenters. The Balaban J connectivity index is 2.24. The van der Waals surface area contributed by atoms with Gasteiger partial charge < -0.3 is 10.5 Å². The minimum Gasteiger partial charge on any atom is -0.461 e. The van der Waals surface area contributed by atoms with Crippen LogP contribution in [0.25, 0.3) is 0 Å². The fourth-order valence-corrected chi connectivity index (χ4v) is 1.45. The molecule has 0 aromatic carbocycles. The highest BCUT2D eigenvalue weighted by molar-refractivity contribution is 5.75. The molecule has 70 valence electrons. The van der Waals surface area contributed by atoms with Crippen LogP contribution in [0.1, 0.15) is 39.0 Å². The van der Waals surface area contributed by atoms with Gasteiger partial charge in [-0.15, -0.1) is 0 Å². The van der Waals surface area contributed by atoms with Crippen molar-refractivity contribution >= 4 is 5.97 Å². The second kappa shape index (κ2) is 4.45. The summed E-state index contributed by atoms with van der Waals surface area (Å²) in [6, 6.07) is -0.480. The minimum atomic E-state index is -0.480. The molecule has 1 rings (SSSR count). The zero-order valence-electron chi connectivity index (χ0n) is 7.58. The lowest BCUT2D eigenvalue weighted by Crippen LogP contribution is -2.32. The van der Waals surface area contributed by atoms with Crippen LogP contribution >= 0.6 is 0 Å². The molecular weight excluding hydrogens is 154 g/mol. The molecule has 1 saturated carbocycles. The molecule has 0 saturated heterocycles. The van der Waals surface area contributed by atoms with Gasteiger partial charge >= 0.3 is 5.97 Å². The molecule has 0 aromatic heterocycles. The van der Waals surface area contributed by atoms with E-state index in [1.165, 1.54) is 19.3 Å². The smallest absolute Gasteiger partial charge is 0.322 e. The highest BCUT2D eigenvalue weighted by Gasteiger charge is 2.19. The molecule has 2 N–H and O–H groups in total. The Labute approximate surface area is 73.3 Å². The van der Waals surface area contributed by atoms with Crippen molar-refractivity contribution in [3.05, 3.63) is 0 Å². The van der Waals surface area contributed by atoms with Gasteiger partial charge in [0.05, 0.1) is 0 Å². The van der Waals surface area contributed by atoms with Crippen LogP contribution in [-0.2, 0) is 9.53 Å². The summed E-state index contributed by atoms with van der Waals surface area (Å²) in [5.74, 6) is -0.262. The molecular formula is C9H17NO2. The molecule has 3 heteroatoms. The van der Waals surface area contributed by atoms with E-state index in [0.717, 1.165) is 12.8 Å². The minimum absolute atomic E-state index is 0.136.